The lowest BCUT2D eigenvalue weighted by Crippen LogP contribution is -2.03. The van der Waals surface area contributed by atoms with Crippen molar-refractivity contribution >= 4 is 11.5 Å². The topological polar surface area (TPSA) is 58.3 Å². The van der Waals surface area contributed by atoms with Crippen LogP contribution >= 0.6 is 0 Å². The zero-order valence-corrected chi connectivity index (χ0v) is 15.6. The third-order valence-electron chi connectivity index (χ3n) is 4.20. The highest BCUT2D eigenvalue weighted by Crippen LogP contribution is 2.26. The average molecular weight is 375 g/mol. The van der Waals surface area contributed by atoms with Crippen LogP contribution in [0.1, 0.15) is 16.8 Å². The van der Waals surface area contributed by atoms with Gasteiger partial charge >= 0.3 is 0 Å². The van der Waals surface area contributed by atoms with Gasteiger partial charge < -0.3 is 4.74 Å². The van der Waals surface area contributed by atoms with Crippen molar-refractivity contribution < 1.29 is 4.74 Å². The summed E-state index contributed by atoms with van der Waals surface area (Å²) in [6, 6.07) is 34.7. The van der Waals surface area contributed by atoms with Gasteiger partial charge in [0.2, 0.25) is 0 Å². The van der Waals surface area contributed by atoms with Crippen LogP contribution in [-0.2, 0) is 0 Å². The molecule has 1 heterocycles. The first kappa shape index (κ1) is 18.1. The Morgan fingerprint density at radius 1 is 0.724 bits per heavy atom. The van der Waals surface area contributed by atoms with Gasteiger partial charge in [0.15, 0.2) is 5.82 Å². The molecule has 3 aromatic carbocycles. The number of nitrogens with zero attached hydrogens (tertiary/aromatic N) is 3. The Balaban J connectivity index is 1.80. The number of ether oxygens (including phenoxy) is 1. The first-order valence-electron chi connectivity index (χ1n) is 9.16. The molecule has 0 N–H and O–H groups in total. The number of benzene rings is 3. The average Bonchev–Trinajstić information content (AvgIpc) is 2.79. The highest BCUT2D eigenvalue weighted by molar-refractivity contribution is 6.13. The second-order valence-electron chi connectivity index (χ2n) is 6.27. The van der Waals surface area contributed by atoms with Crippen molar-refractivity contribution in [1.29, 1.82) is 5.26 Å². The van der Waals surface area contributed by atoms with E-state index in [1.807, 2.05) is 91.0 Å². The molecule has 0 aliphatic rings. The van der Waals surface area contributed by atoms with Gasteiger partial charge in [-0.05, 0) is 12.1 Å². The Labute approximate surface area is 169 Å². The predicted octanol–water partition coefficient (Wildman–Crippen LogP) is 5.91. The van der Waals surface area contributed by atoms with Crippen LogP contribution in [0.25, 0.3) is 0 Å². The summed E-state index contributed by atoms with van der Waals surface area (Å²) < 4.78 is 5.89. The maximum absolute atomic E-state index is 9.40. The summed E-state index contributed by atoms with van der Waals surface area (Å²) in [5.74, 6) is 1.61. The largest absolute Gasteiger partial charge is 0.457 e. The van der Waals surface area contributed by atoms with Crippen molar-refractivity contribution in [3.8, 4) is 17.6 Å². The Kier molecular flexibility index (Phi) is 5.41. The summed E-state index contributed by atoms with van der Waals surface area (Å²) >= 11 is 0. The van der Waals surface area contributed by atoms with Crippen LogP contribution in [0, 0.1) is 11.3 Å². The number of hydrogen-bond acceptors (Lipinski definition) is 4. The number of aliphatic imine (C=N–C) groups is 1. The van der Waals surface area contributed by atoms with Crippen LogP contribution < -0.4 is 4.74 Å². The van der Waals surface area contributed by atoms with Crippen LogP contribution in [-0.4, -0.2) is 10.7 Å². The van der Waals surface area contributed by atoms with Crippen LogP contribution in [0.2, 0.25) is 0 Å². The molecule has 0 aliphatic carbocycles. The van der Waals surface area contributed by atoms with Crippen LogP contribution in [0.3, 0.4) is 0 Å². The molecule has 0 bridgehead atoms. The number of rotatable bonds is 5. The van der Waals surface area contributed by atoms with Gasteiger partial charge in [0.05, 0.1) is 5.71 Å². The van der Waals surface area contributed by atoms with E-state index >= 15 is 0 Å². The van der Waals surface area contributed by atoms with Gasteiger partial charge in [-0.25, -0.2) is 9.98 Å². The highest BCUT2D eigenvalue weighted by atomic mass is 16.5. The van der Waals surface area contributed by atoms with Gasteiger partial charge in [0.1, 0.15) is 23.3 Å². The molecule has 0 amide bonds. The number of pyridine rings is 1. The van der Waals surface area contributed by atoms with E-state index in [0.717, 1.165) is 16.8 Å². The smallest absolute Gasteiger partial charge is 0.157 e. The van der Waals surface area contributed by atoms with Gasteiger partial charge in [-0.1, -0.05) is 78.9 Å². The summed E-state index contributed by atoms with van der Waals surface area (Å²) in [6.45, 7) is 0. The molecule has 29 heavy (non-hydrogen) atoms. The molecule has 0 aliphatic heterocycles. The SMILES string of the molecule is N#Cc1cc(Oc2ccccc2)cc(N=C(c2ccccc2)c2ccccc2)n1. The molecular weight excluding hydrogens is 358 g/mol. The molecule has 4 heteroatoms. The molecule has 1 aromatic heterocycles. The van der Waals surface area contributed by atoms with E-state index in [4.69, 9.17) is 9.73 Å². The highest BCUT2D eigenvalue weighted by Gasteiger charge is 2.10. The van der Waals surface area contributed by atoms with Crippen molar-refractivity contribution in [1.82, 2.24) is 4.98 Å². The summed E-state index contributed by atoms with van der Waals surface area (Å²) in [7, 11) is 0. The normalized spacial score (nSPS) is 10.0. The quantitative estimate of drug-likeness (QED) is 0.407. The van der Waals surface area contributed by atoms with Crippen LogP contribution in [0.15, 0.2) is 108 Å². The molecular formula is C25H17N3O. The summed E-state index contributed by atoms with van der Waals surface area (Å²) in [5.41, 5.74) is 2.96. The molecule has 0 saturated carbocycles. The maximum atomic E-state index is 9.40. The Morgan fingerprint density at radius 3 is 1.83 bits per heavy atom. The standard InChI is InChI=1S/C25H17N3O/c26-18-21-16-23(29-22-14-8-3-9-15-22)17-24(27-21)28-25(19-10-4-1-5-11-19)20-12-6-2-7-13-20/h1-17H. The first-order chi connectivity index (χ1) is 14.3. The van der Waals surface area contributed by atoms with Crippen molar-refractivity contribution in [3.05, 3.63) is 120 Å². The van der Waals surface area contributed by atoms with Crippen molar-refractivity contribution in [2.45, 2.75) is 0 Å². The molecule has 138 valence electrons. The van der Waals surface area contributed by atoms with Crippen LogP contribution in [0.4, 0.5) is 5.82 Å². The third kappa shape index (κ3) is 4.55. The number of aromatic nitrogens is 1. The molecule has 0 fully saturated rings. The lowest BCUT2D eigenvalue weighted by Gasteiger charge is -2.09. The van der Waals surface area contributed by atoms with E-state index in [1.165, 1.54) is 0 Å². The fraction of sp³-hybridized carbons (Fsp3) is 0. The summed E-state index contributed by atoms with van der Waals surface area (Å²) in [4.78, 5) is 9.14. The predicted molar refractivity (Wildman–Crippen MR) is 114 cm³/mol. The lowest BCUT2D eigenvalue weighted by atomic mass is 10.0. The minimum atomic E-state index is 0.248. The van der Waals surface area contributed by atoms with Gasteiger partial charge in [-0.2, -0.15) is 5.26 Å². The van der Waals surface area contributed by atoms with E-state index in [9.17, 15) is 5.26 Å². The Morgan fingerprint density at radius 2 is 1.28 bits per heavy atom. The number of nitriles is 1. The monoisotopic (exact) mass is 375 g/mol. The molecule has 0 spiro atoms. The van der Waals surface area contributed by atoms with Crippen molar-refractivity contribution in [2.75, 3.05) is 0 Å². The third-order valence-corrected chi connectivity index (χ3v) is 4.20. The summed E-state index contributed by atoms with van der Waals surface area (Å²) in [5, 5.41) is 9.40. The van der Waals surface area contributed by atoms with E-state index in [0.29, 0.717) is 17.3 Å². The zero-order chi connectivity index (χ0) is 19.9. The van der Waals surface area contributed by atoms with Crippen molar-refractivity contribution in [2.24, 2.45) is 4.99 Å². The minimum absolute atomic E-state index is 0.248. The fourth-order valence-electron chi connectivity index (χ4n) is 2.89. The van der Waals surface area contributed by atoms with Gasteiger partial charge in [0.25, 0.3) is 0 Å². The van der Waals surface area contributed by atoms with Crippen molar-refractivity contribution in [3.63, 3.8) is 0 Å². The molecule has 4 rings (SSSR count). The Hall–Kier alpha value is -4.23. The fourth-order valence-corrected chi connectivity index (χ4v) is 2.89. The molecule has 4 aromatic rings. The number of hydrogen-bond donors (Lipinski definition) is 0. The molecule has 0 atom stereocenters. The Bertz CT molecular complexity index is 1120. The van der Waals surface area contributed by atoms with E-state index in [1.54, 1.807) is 12.1 Å². The second-order valence-corrected chi connectivity index (χ2v) is 6.27. The number of para-hydroxylation sites is 1. The molecule has 0 unspecified atom stereocenters. The molecule has 0 saturated heterocycles. The molecule has 4 nitrogen and oxygen atoms in total. The van der Waals surface area contributed by atoms with E-state index in [-0.39, 0.29) is 5.69 Å². The maximum Gasteiger partial charge on any atom is 0.157 e. The zero-order valence-electron chi connectivity index (χ0n) is 15.6. The minimum Gasteiger partial charge on any atom is -0.457 e. The van der Waals surface area contributed by atoms with Gasteiger partial charge in [-0.15, -0.1) is 0 Å². The summed E-state index contributed by atoms with van der Waals surface area (Å²) in [6.07, 6.45) is 0. The molecule has 0 radical (unpaired) electrons. The van der Waals surface area contributed by atoms with Gasteiger partial charge in [0, 0.05) is 23.3 Å². The van der Waals surface area contributed by atoms with E-state index in [2.05, 4.69) is 11.1 Å². The van der Waals surface area contributed by atoms with Crippen LogP contribution in [0.5, 0.6) is 11.5 Å². The first-order valence-corrected chi connectivity index (χ1v) is 9.16. The lowest BCUT2D eigenvalue weighted by molar-refractivity contribution is 0.482. The van der Waals surface area contributed by atoms with E-state index < -0.39 is 0 Å². The van der Waals surface area contributed by atoms with Gasteiger partial charge in [-0.3, -0.25) is 0 Å². The second kappa shape index (κ2) is 8.64.